The molecule has 2 amide bonds. The molecule has 0 fully saturated rings. The zero-order chi connectivity index (χ0) is 15.3. The number of urea groups is 1. The molecule has 6 heteroatoms. The summed E-state index contributed by atoms with van der Waals surface area (Å²) >= 11 is 3.41. The lowest BCUT2D eigenvalue weighted by Crippen LogP contribution is -2.41. The molecule has 0 aromatic heterocycles. The predicted molar refractivity (Wildman–Crippen MR) is 82.0 cm³/mol. The third-order valence-corrected chi connectivity index (χ3v) is 3.82. The van der Waals surface area contributed by atoms with Crippen LogP contribution in [-0.4, -0.2) is 34.6 Å². The topological polar surface area (TPSA) is 69.6 Å². The lowest BCUT2D eigenvalue weighted by molar-refractivity contribution is -0.137. The molecule has 1 aromatic rings. The number of benzene rings is 1. The SMILES string of the molecule is Cc1c(Br)cccc1NC(=O)N(CCC(=O)O)C(C)C. The normalized spacial score (nSPS) is 10.4. The highest BCUT2D eigenvalue weighted by molar-refractivity contribution is 9.10. The number of carboxylic acids is 1. The first-order valence-corrected chi connectivity index (χ1v) is 7.16. The number of amides is 2. The van der Waals surface area contributed by atoms with Gasteiger partial charge in [-0.15, -0.1) is 0 Å². The van der Waals surface area contributed by atoms with Crippen molar-refractivity contribution in [2.45, 2.75) is 33.2 Å². The second-order valence-electron chi connectivity index (χ2n) is 4.77. The van der Waals surface area contributed by atoms with Crippen LogP contribution in [0.3, 0.4) is 0 Å². The van der Waals surface area contributed by atoms with E-state index in [0.717, 1.165) is 10.0 Å². The Bertz CT molecular complexity index is 503. The number of aliphatic carboxylic acids is 1. The van der Waals surface area contributed by atoms with Crippen molar-refractivity contribution in [2.24, 2.45) is 0 Å². The van der Waals surface area contributed by atoms with Gasteiger partial charge in [-0.25, -0.2) is 4.79 Å². The number of hydrogen-bond donors (Lipinski definition) is 2. The van der Waals surface area contributed by atoms with Gasteiger partial charge >= 0.3 is 12.0 Å². The molecule has 0 aliphatic heterocycles. The maximum atomic E-state index is 12.2. The third kappa shape index (κ3) is 4.52. The van der Waals surface area contributed by atoms with E-state index in [1.165, 1.54) is 4.90 Å². The summed E-state index contributed by atoms with van der Waals surface area (Å²) in [4.78, 5) is 24.4. The second-order valence-corrected chi connectivity index (χ2v) is 5.63. The lowest BCUT2D eigenvalue weighted by atomic mass is 10.2. The van der Waals surface area contributed by atoms with Gasteiger partial charge in [0.05, 0.1) is 6.42 Å². The van der Waals surface area contributed by atoms with Gasteiger partial charge in [-0.05, 0) is 38.5 Å². The van der Waals surface area contributed by atoms with E-state index < -0.39 is 5.97 Å². The average molecular weight is 343 g/mol. The molecule has 0 heterocycles. The van der Waals surface area contributed by atoms with Gasteiger partial charge in [0, 0.05) is 22.7 Å². The van der Waals surface area contributed by atoms with E-state index >= 15 is 0 Å². The molecule has 0 aliphatic carbocycles. The first-order chi connectivity index (χ1) is 9.32. The Morgan fingerprint density at radius 2 is 2.05 bits per heavy atom. The van der Waals surface area contributed by atoms with Crippen molar-refractivity contribution in [2.75, 3.05) is 11.9 Å². The minimum Gasteiger partial charge on any atom is -0.481 e. The average Bonchev–Trinajstić information content (AvgIpc) is 2.34. The van der Waals surface area contributed by atoms with Crippen LogP contribution in [0.2, 0.25) is 0 Å². The van der Waals surface area contributed by atoms with Crippen molar-refractivity contribution in [3.8, 4) is 0 Å². The highest BCUT2D eigenvalue weighted by atomic mass is 79.9. The van der Waals surface area contributed by atoms with Crippen LogP contribution in [0.5, 0.6) is 0 Å². The van der Waals surface area contributed by atoms with Crippen molar-refractivity contribution in [1.82, 2.24) is 4.90 Å². The Balaban J connectivity index is 2.80. The Morgan fingerprint density at radius 3 is 2.60 bits per heavy atom. The fourth-order valence-electron chi connectivity index (χ4n) is 1.74. The van der Waals surface area contributed by atoms with Gasteiger partial charge in [0.1, 0.15) is 0 Å². The van der Waals surface area contributed by atoms with E-state index in [1.54, 1.807) is 0 Å². The molecule has 1 rings (SSSR count). The summed E-state index contributed by atoms with van der Waals surface area (Å²) in [5.41, 5.74) is 1.65. The number of carbonyl (C=O) groups excluding carboxylic acids is 1. The Labute approximate surface area is 127 Å². The van der Waals surface area contributed by atoms with E-state index in [2.05, 4.69) is 21.2 Å². The second kappa shape index (κ2) is 7.28. The van der Waals surface area contributed by atoms with Gasteiger partial charge in [0.2, 0.25) is 0 Å². The molecule has 0 unspecified atom stereocenters. The predicted octanol–water partition coefficient (Wildman–Crippen LogP) is 3.47. The third-order valence-electron chi connectivity index (χ3n) is 2.96. The Kier molecular flexibility index (Phi) is 6.01. The van der Waals surface area contributed by atoms with Crippen LogP contribution in [0.15, 0.2) is 22.7 Å². The number of rotatable bonds is 5. The summed E-state index contributed by atoms with van der Waals surface area (Å²) in [6.45, 7) is 5.80. The first-order valence-electron chi connectivity index (χ1n) is 6.37. The molecule has 0 saturated carbocycles. The Morgan fingerprint density at radius 1 is 1.40 bits per heavy atom. The summed E-state index contributed by atoms with van der Waals surface area (Å²) in [5, 5.41) is 11.6. The number of carboxylic acid groups (broad SMARTS) is 1. The standard InChI is InChI=1S/C14H19BrN2O3/c1-9(2)17(8-7-13(18)19)14(20)16-12-6-4-5-11(15)10(12)3/h4-6,9H,7-8H2,1-3H3,(H,16,20)(H,18,19). The maximum Gasteiger partial charge on any atom is 0.322 e. The summed E-state index contributed by atoms with van der Waals surface area (Å²) in [5.74, 6) is -0.915. The number of anilines is 1. The summed E-state index contributed by atoms with van der Waals surface area (Å²) in [6.07, 6.45) is -0.0664. The van der Waals surface area contributed by atoms with Crippen molar-refractivity contribution < 1.29 is 14.7 Å². The Hall–Kier alpha value is -1.56. The van der Waals surface area contributed by atoms with Crippen molar-refractivity contribution in [1.29, 1.82) is 0 Å². The molecule has 0 bridgehead atoms. The summed E-state index contributed by atoms with van der Waals surface area (Å²) in [7, 11) is 0. The molecule has 0 spiro atoms. The van der Waals surface area contributed by atoms with Crippen LogP contribution in [0, 0.1) is 6.92 Å². The minimum atomic E-state index is -0.915. The molecule has 1 aromatic carbocycles. The van der Waals surface area contributed by atoms with E-state index in [9.17, 15) is 9.59 Å². The molecule has 0 saturated heterocycles. The molecule has 5 nitrogen and oxygen atoms in total. The van der Waals surface area contributed by atoms with Crippen molar-refractivity contribution >= 4 is 33.6 Å². The quantitative estimate of drug-likeness (QED) is 0.860. The summed E-state index contributed by atoms with van der Waals surface area (Å²) < 4.78 is 0.914. The highest BCUT2D eigenvalue weighted by Crippen LogP contribution is 2.23. The van der Waals surface area contributed by atoms with Crippen LogP contribution in [0.1, 0.15) is 25.8 Å². The van der Waals surface area contributed by atoms with Crippen LogP contribution < -0.4 is 5.32 Å². The molecule has 2 N–H and O–H groups in total. The fourth-order valence-corrected chi connectivity index (χ4v) is 2.11. The van der Waals surface area contributed by atoms with Crippen molar-refractivity contribution in [3.63, 3.8) is 0 Å². The first kappa shape index (κ1) is 16.5. The number of carbonyl (C=O) groups is 2. The molecule has 0 aliphatic rings. The van der Waals surface area contributed by atoms with E-state index in [-0.39, 0.29) is 25.0 Å². The van der Waals surface area contributed by atoms with E-state index in [0.29, 0.717) is 5.69 Å². The van der Waals surface area contributed by atoms with Gasteiger partial charge in [-0.1, -0.05) is 22.0 Å². The van der Waals surface area contributed by atoms with E-state index in [4.69, 9.17) is 5.11 Å². The maximum absolute atomic E-state index is 12.2. The number of halogens is 1. The molecular formula is C14H19BrN2O3. The van der Waals surface area contributed by atoms with Crippen LogP contribution in [0.4, 0.5) is 10.5 Å². The lowest BCUT2D eigenvalue weighted by Gasteiger charge is -2.26. The van der Waals surface area contributed by atoms with Crippen molar-refractivity contribution in [3.05, 3.63) is 28.2 Å². The zero-order valence-corrected chi connectivity index (χ0v) is 13.4. The molecule has 110 valence electrons. The smallest absolute Gasteiger partial charge is 0.322 e. The molecule has 20 heavy (non-hydrogen) atoms. The van der Waals surface area contributed by atoms with Crippen LogP contribution in [0.25, 0.3) is 0 Å². The highest BCUT2D eigenvalue weighted by Gasteiger charge is 2.18. The zero-order valence-electron chi connectivity index (χ0n) is 11.8. The number of nitrogens with one attached hydrogen (secondary N) is 1. The fraction of sp³-hybridized carbons (Fsp3) is 0.429. The molecule has 0 radical (unpaired) electrons. The molecule has 0 atom stereocenters. The minimum absolute atomic E-state index is 0.0664. The van der Waals surface area contributed by atoms with Crippen LogP contribution >= 0.6 is 15.9 Å². The summed E-state index contributed by atoms with van der Waals surface area (Å²) in [6, 6.07) is 5.19. The van der Waals surface area contributed by atoms with Gasteiger partial charge in [-0.3, -0.25) is 4.79 Å². The van der Waals surface area contributed by atoms with Gasteiger partial charge in [0.25, 0.3) is 0 Å². The van der Waals surface area contributed by atoms with Gasteiger partial charge < -0.3 is 15.3 Å². The number of nitrogens with zero attached hydrogens (tertiary/aromatic N) is 1. The largest absolute Gasteiger partial charge is 0.481 e. The molecular weight excluding hydrogens is 324 g/mol. The van der Waals surface area contributed by atoms with Gasteiger partial charge in [-0.2, -0.15) is 0 Å². The number of hydrogen-bond acceptors (Lipinski definition) is 2. The van der Waals surface area contributed by atoms with E-state index in [1.807, 2.05) is 39.0 Å². The van der Waals surface area contributed by atoms with Crippen LogP contribution in [-0.2, 0) is 4.79 Å². The van der Waals surface area contributed by atoms with Gasteiger partial charge in [0.15, 0.2) is 0 Å². The monoisotopic (exact) mass is 342 g/mol.